The molecule has 21 heavy (non-hydrogen) atoms. The molecule has 1 aromatic rings. The Balaban J connectivity index is 2.47. The fraction of sp³-hybridized carbons (Fsp3) is 0.647. The first-order valence-electron chi connectivity index (χ1n) is 8.13. The Morgan fingerprint density at radius 3 is 1.67 bits per heavy atom. The van der Waals surface area contributed by atoms with Gasteiger partial charge in [-0.1, -0.05) is 23.7 Å². The van der Waals surface area contributed by atoms with E-state index < -0.39 is 0 Å². The lowest BCUT2D eigenvalue weighted by Crippen LogP contribution is -3.13. The number of quaternary nitrogens is 3. The summed E-state index contributed by atoms with van der Waals surface area (Å²) < 4.78 is 0. The zero-order valence-corrected chi connectivity index (χ0v) is 14.9. The van der Waals surface area contributed by atoms with Crippen molar-refractivity contribution in [1.82, 2.24) is 0 Å². The molecule has 120 valence electrons. The molecule has 3 nitrogen and oxygen atoms in total. The molecule has 0 saturated carbocycles. The smallest absolute Gasteiger partial charge is 0.103 e. The first-order chi connectivity index (χ1) is 9.97. The maximum Gasteiger partial charge on any atom is 0.103 e. The molecule has 0 saturated heterocycles. The van der Waals surface area contributed by atoms with E-state index in [4.69, 9.17) is 11.6 Å². The Labute approximate surface area is 135 Å². The van der Waals surface area contributed by atoms with Crippen LogP contribution in [0.25, 0.3) is 0 Å². The molecule has 0 amide bonds. The van der Waals surface area contributed by atoms with Gasteiger partial charge in [-0.15, -0.1) is 0 Å². The van der Waals surface area contributed by atoms with Crippen LogP contribution in [0, 0.1) is 0 Å². The van der Waals surface area contributed by atoms with Crippen LogP contribution in [0.4, 0.5) is 0 Å². The molecule has 3 N–H and O–H groups in total. The van der Waals surface area contributed by atoms with Crippen LogP contribution in [0.3, 0.4) is 0 Å². The summed E-state index contributed by atoms with van der Waals surface area (Å²) in [7, 11) is 8.92. The van der Waals surface area contributed by atoms with E-state index in [9.17, 15) is 0 Å². The van der Waals surface area contributed by atoms with Crippen molar-refractivity contribution in [2.45, 2.75) is 19.4 Å². The van der Waals surface area contributed by atoms with Gasteiger partial charge in [0.1, 0.15) is 6.54 Å². The number of benzene rings is 1. The van der Waals surface area contributed by atoms with Crippen LogP contribution in [0.2, 0.25) is 5.02 Å². The van der Waals surface area contributed by atoms with Gasteiger partial charge in [0.25, 0.3) is 0 Å². The van der Waals surface area contributed by atoms with Crippen molar-refractivity contribution in [2.75, 3.05) is 54.4 Å². The molecule has 0 atom stereocenters. The number of hydrogen-bond acceptors (Lipinski definition) is 0. The minimum absolute atomic E-state index is 0.827. The topological polar surface area (TPSA) is 13.3 Å². The first kappa shape index (κ1) is 18.4. The lowest BCUT2D eigenvalue weighted by atomic mass is 10.2. The van der Waals surface area contributed by atoms with Crippen LogP contribution >= 0.6 is 11.6 Å². The predicted molar refractivity (Wildman–Crippen MR) is 90.4 cm³/mol. The van der Waals surface area contributed by atoms with Crippen molar-refractivity contribution in [2.24, 2.45) is 0 Å². The summed E-state index contributed by atoms with van der Waals surface area (Å²) in [5, 5.41) is 0.827. The van der Waals surface area contributed by atoms with Gasteiger partial charge >= 0.3 is 0 Å². The van der Waals surface area contributed by atoms with E-state index in [1.165, 1.54) is 44.6 Å². The molecule has 0 heterocycles. The summed E-state index contributed by atoms with van der Waals surface area (Å²) in [6.07, 6.45) is 2.58. The van der Waals surface area contributed by atoms with Gasteiger partial charge in [-0.2, -0.15) is 0 Å². The third-order valence-corrected chi connectivity index (χ3v) is 4.03. The van der Waals surface area contributed by atoms with E-state index in [1.54, 1.807) is 14.7 Å². The standard InChI is InChI=1S/C17H30ClN3/c1-19(2)11-5-13-21(14-6-12-20(3)4)15-16-7-9-17(18)10-8-16/h7-10H,5-6,11-15H2,1-4H3/p+3. The predicted octanol–water partition coefficient (Wildman–Crippen LogP) is -1.21. The molecule has 1 rings (SSSR count). The lowest BCUT2D eigenvalue weighted by molar-refractivity contribution is -0.925. The second-order valence-corrected chi connectivity index (χ2v) is 7.11. The van der Waals surface area contributed by atoms with Gasteiger partial charge in [-0.05, 0) is 12.1 Å². The van der Waals surface area contributed by atoms with Gasteiger partial charge in [0, 0.05) is 23.4 Å². The summed E-state index contributed by atoms with van der Waals surface area (Å²) in [4.78, 5) is 4.77. The molecule has 0 bridgehead atoms. The Morgan fingerprint density at radius 2 is 1.24 bits per heavy atom. The first-order valence-corrected chi connectivity index (χ1v) is 8.51. The summed E-state index contributed by atoms with van der Waals surface area (Å²) in [6.45, 7) is 6.14. The molecule has 0 unspecified atom stereocenters. The third-order valence-electron chi connectivity index (χ3n) is 3.78. The van der Waals surface area contributed by atoms with Crippen LogP contribution in [0.15, 0.2) is 24.3 Å². The fourth-order valence-electron chi connectivity index (χ4n) is 2.58. The van der Waals surface area contributed by atoms with Crippen LogP contribution in [-0.2, 0) is 6.54 Å². The lowest BCUT2D eigenvalue weighted by Gasteiger charge is -2.20. The van der Waals surface area contributed by atoms with Gasteiger partial charge < -0.3 is 14.7 Å². The highest BCUT2D eigenvalue weighted by Crippen LogP contribution is 2.08. The van der Waals surface area contributed by atoms with Crippen molar-refractivity contribution in [1.29, 1.82) is 0 Å². The zero-order valence-electron chi connectivity index (χ0n) is 14.1. The number of rotatable bonds is 10. The maximum absolute atomic E-state index is 5.97. The number of hydrogen-bond donors (Lipinski definition) is 3. The van der Waals surface area contributed by atoms with Crippen molar-refractivity contribution in [3.63, 3.8) is 0 Å². The Hall–Kier alpha value is -0.610. The summed E-state index contributed by atoms with van der Waals surface area (Å²) in [5.74, 6) is 0. The van der Waals surface area contributed by atoms with Gasteiger partial charge in [0.2, 0.25) is 0 Å². The molecule has 0 aromatic heterocycles. The molecule has 0 aliphatic heterocycles. The SMILES string of the molecule is C[NH+](C)CCC[NH+](CCC[NH+](C)C)Cc1ccc(Cl)cc1. The molecule has 0 aliphatic rings. The van der Waals surface area contributed by atoms with Crippen molar-refractivity contribution >= 4 is 11.6 Å². The van der Waals surface area contributed by atoms with E-state index in [2.05, 4.69) is 40.3 Å². The summed E-state index contributed by atoms with van der Waals surface area (Å²) in [6, 6.07) is 8.33. The minimum Gasteiger partial charge on any atom is -0.340 e. The highest BCUT2D eigenvalue weighted by Gasteiger charge is 2.11. The minimum atomic E-state index is 0.827. The van der Waals surface area contributed by atoms with Gasteiger partial charge in [-0.3, -0.25) is 0 Å². The van der Waals surface area contributed by atoms with Crippen molar-refractivity contribution in [3.05, 3.63) is 34.9 Å². The average Bonchev–Trinajstić information content (AvgIpc) is 2.40. The molecule has 0 aliphatic carbocycles. The van der Waals surface area contributed by atoms with Gasteiger partial charge in [0.15, 0.2) is 0 Å². The summed E-state index contributed by atoms with van der Waals surface area (Å²) in [5.41, 5.74) is 1.39. The highest BCUT2D eigenvalue weighted by atomic mass is 35.5. The molecule has 0 fully saturated rings. The van der Waals surface area contributed by atoms with Crippen LogP contribution in [0.1, 0.15) is 18.4 Å². The average molecular weight is 315 g/mol. The molecule has 0 spiro atoms. The van der Waals surface area contributed by atoms with E-state index in [0.29, 0.717) is 0 Å². The van der Waals surface area contributed by atoms with Crippen molar-refractivity contribution in [3.8, 4) is 0 Å². The Kier molecular flexibility index (Phi) is 8.93. The van der Waals surface area contributed by atoms with E-state index >= 15 is 0 Å². The largest absolute Gasteiger partial charge is 0.340 e. The second-order valence-electron chi connectivity index (χ2n) is 6.67. The monoisotopic (exact) mass is 314 g/mol. The second kappa shape index (κ2) is 10.2. The van der Waals surface area contributed by atoms with Crippen LogP contribution in [0.5, 0.6) is 0 Å². The van der Waals surface area contributed by atoms with E-state index in [0.717, 1.165) is 11.6 Å². The Morgan fingerprint density at radius 1 is 0.762 bits per heavy atom. The molecule has 0 radical (unpaired) electrons. The number of nitrogens with one attached hydrogen (secondary N) is 3. The van der Waals surface area contributed by atoms with Crippen LogP contribution < -0.4 is 14.7 Å². The molecule has 4 heteroatoms. The normalized spacial score (nSPS) is 11.8. The molecule has 1 aromatic carbocycles. The maximum atomic E-state index is 5.97. The quantitative estimate of drug-likeness (QED) is 0.480. The van der Waals surface area contributed by atoms with Gasteiger partial charge in [0.05, 0.1) is 54.4 Å². The molecular weight excluding hydrogens is 282 g/mol. The fourth-order valence-corrected chi connectivity index (χ4v) is 2.70. The highest BCUT2D eigenvalue weighted by molar-refractivity contribution is 6.30. The third kappa shape index (κ3) is 9.10. The number of halogens is 1. The van der Waals surface area contributed by atoms with E-state index in [-0.39, 0.29) is 0 Å². The van der Waals surface area contributed by atoms with Gasteiger partial charge in [-0.25, -0.2) is 0 Å². The van der Waals surface area contributed by atoms with Crippen molar-refractivity contribution < 1.29 is 14.7 Å². The Bertz CT molecular complexity index is 362. The zero-order chi connectivity index (χ0) is 15.7. The molecular formula is C17H33ClN3+3. The van der Waals surface area contributed by atoms with Crippen LogP contribution in [-0.4, -0.2) is 54.4 Å². The van der Waals surface area contributed by atoms with E-state index in [1.807, 2.05) is 12.1 Å². The summed E-state index contributed by atoms with van der Waals surface area (Å²) >= 11 is 5.97.